The number of aliphatic carboxylic acids is 1. The van der Waals surface area contributed by atoms with Crippen LogP contribution < -0.4 is 26.6 Å². The molecule has 10 rings (SSSR count). The summed E-state index contributed by atoms with van der Waals surface area (Å²) in [4.78, 5) is 77.7. The summed E-state index contributed by atoms with van der Waals surface area (Å²) >= 11 is 0. The van der Waals surface area contributed by atoms with Crippen LogP contribution in [0.3, 0.4) is 0 Å². The van der Waals surface area contributed by atoms with Crippen molar-refractivity contribution in [2.75, 3.05) is 66.1 Å². The molecule has 0 bridgehead atoms. The fraction of sp³-hybridized carbons (Fsp3) is 0.918. The Morgan fingerprint density at radius 3 is 1.10 bits per heavy atom. The molecule has 0 aromatic rings. The number of amides is 5. The zero-order chi connectivity index (χ0) is 97.6. The number of hydrogen-bond donors (Lipinski definition) is 34. The Morgan fingerprint density at radius 1 is 0.311 bits per heavy atom. The average Bonchev–Trinajstić information content (AvgIpc) is 0.746. The maximum atomic E-state index is 13.4. The van der Waals surface area contributed by atoms with Crippen LogP contribution in [0.15, 0.2) is 0 Å². The fourth-order valence-corrected chi connectivity index (χ4v) is 17.1. The lowest BCUT2D eigenvalue weighted by Gasteiger charge is -2.52. The van der Waals surface area contributed by atoms with Crippen molar-refractivity contribution in [1.29, 1.82) is 0 Å². The van der Waals surface area contributed by atoms with Crippen LogP contribution in [0.2, 0.25) is 0 Å². The molecular weight excluding hydrogens is 1810 g/mol. The molecule has 10 saturated heterocycles. The number of aliphatic hydroxyl groups excluding tert-OH is 28. The number of aliphatic hydroxyl groups is 28. The van der Waals surface area contributed by atoms with Crippen LogP contribution in [-0.2, 0) is 119 Å². The predicted octanol–water partition coefficient (Wildman–Crippen LogP) is -22.9. The van der Waals surface area contributed by atoms with Crippen molar-refractivity contribution >= 4 is 35.5 Å². The first kappa shape index (κ1) is 109. The molecule has 0 unspecified atom stereocenters. The summed E-state index contributed by atoms with van der Waals surface area (Å²) in [5.74, 6) is -10.4. The summed E-state index contributed by atoms with van der Waals surface area (Å²) in [6.07, 6.45) is -103. The van der Waals surface area contributed by atoms with E-state index < -0.39 is 420 Å². The smallest absolute Gasteiger partial charge is 0.364 e. The summed E-state index contributed by atoms with van der Waals surface area (Å²) in [6, 6.07) is -9.80. The van der Waals surface area contributed by atoms with E-state index in [0.29, 0.717) is 0 Å². The van der Waals surface area contributed by atoms with Crippen LogP contribution >= 0.6 is 0 Å². The zero-order valence-corrected chi connectivity index (χ0v) is 70.8. The van der Waals surface area contributed by atoms with Gasteiger partial charge in [0.15, 0.2) is 56.6 Å². The van der Waals surface area contributed by atoms with Crippen molar-refractivity contribution in [3.05, 3.63) is 0 Å². The van der Waals surface area contributed by atoms with Crippen LogP contribution in [0.5, 0.6) is 0 Å². The second-order valence-electron chi connectivity index (χ2n) is 33.1. The molecule has 0 aliphatic carbocycles. The van der Waals surface area contributed by atoms with E-state index in [1.165, 1.54) is 0 Å². The van der Waals surface area contributed by atoms with Gasteiger partial charge in [-0.25, -0.2) is 4.79 Å². The van der Waals surface area contributed by atoms with Gasteiger partial charge in [0, 0.05) is 41.0 Å². The SMILES string of the molecule is CC(=O)N[C@@H]1[C@@H](O)[C@H](O[C@@H]2O[C@H](CO)[C@@H](O[C@@H]3O[C@H](CO[C@H]4O[C@H](CO)[C@@H](O)[C@H](O[C@H]5O[C@H](CO)[C@@H](O)[C@H](O)[C@@H]5O)[C@@H]4O)[C@@H](O[C@@H]4O[C@H](CO)[C@@H](O)[C@H](O)[C@H]4NC(C)=O)[C@H](O[C@H]4O[C@H](CO)[C@@H](O)[C@H](O)[C@@H]4O[C@@H]4O[C@H](CO)[C@@H](O[C@@H]5O[C@H](CO)[C@H](O)[C@H](O[C@]6(C(=O)O)C[C@H](O)[C@@H](NC(C)=O)[C@H]([C@H](O)[C@H](O)CO)O6)[C@H]5O)[C@H](O)[C@H]4NC(C)=O)[C@@H]3O)[C@H](O)[C@H]2NC(C)=O)[C@@H](CO)O[C@H]1O. The molecule has 34 N–H and O–H groups in total. The first-order valence-corrected chi connectivity index (χ1v) is 41.8. The van der Waals surface area contributed by atoms with Crippen LogP contribution in [-0.4, -0.2) is 562 Å². The van der Waals surface area contributed by atoms with Crippen molar-refractivity contribution in [3.8, 4) is 0 Å². The molecule has 10 aliphatic rings. The Kier molecular flexibility index (Phi) is 39.0. The summed E-state index contributed by atoms with van der Waals surface area (Å²) in [5, 5.41) is 338. The van der Waals surface area contributed by atoms with Gasteiger partial charge in [-0.3, -0.25) is 24.0 Å². The minimum Gasteiger partial charge on any atom is -0.477 e. The van der Waals surface area contributed by atoms with E-state index in [0.717, 1.165) is 34.6 Å². The molecule has 0 saturated carbocycles. The molecule has 0 aromatic carbocycles. The second kappa shape index (κ2) is 47.3. The molecule has 0 aromatic heterocycles. The van der Waals surface area contributed by atoms with Gasteiger partial charge in [0.25, 0.3) is 5.79 Å². The molecule has 0 spiro atoms. The molecule has 0 radical (unpaired) electrons. The molecule has 10 aliphatic heterocycles. The highest BCUT2D eigenvalue weighted by molar-refractivity contribution is 5.77. The number of hydrogen-bond acceptors (Lipinski definition) is 53. The van der Waals surface area contributed by atoms with E-state index in [2.05, 4.69) is 26.6 Å². The molecular formula is C73H121N5O54. The third kappa shape index (κ3) is 24.0. The Balaban J connectivity index is 1.05. The Morgan fingerprint density at radius 2 is 0.636 bits per heavy atom. The number of carbonyl (C=O) groups is 6. The van der Waals surface area contributed by atoms with Gasteiger partial charge in [-0.05, 0) is 0 Å². The van der Waals surface area contributed by atoms with Crippen molar-refractivity contribution in [1.82, 2.24) is 26.6 Å². The Hall–Kier alpha value is -5.06. The monoisotopic (exact) mass is 1930 g/mol. The minimum absolute atomic E-state index is 0.831. The van der Waals surface area contributed by atoms with E-state index in [4.69, 9.17) is 90.0 Å². The largest absolute Gasteiger partial charge is 0.477 e. The van der Waals surface area contributed by atoms with Crippen molar-refractivity contribution < 1.29 is 267 Å². The summed E-state index contributed by atoms with van der Waals surface area (Å²) in [6.45, 7) is -7.75. The molecule has 59 nitrogen and oxygen atoms in total. The van der Waals surface area contributed by atoms with E-state index >= 15 is 0 Å². The van der Waals surface area contributed by atoms with Crippen LogP contribution in [0, 0.1) is 0 Å². The summed E-state index contributed by atoms with van der Waals surface area (Å²) < 4.78 is 114. The quantitative estimate of drug-likeness (QED) is 0.0277. The van der Waals surface area contributed by atoms with E-state index in [9.17, 15) is 177 Å². The lowest BCUT2D eigenvalue weighted by atomic mass is 9.88. The lowest BCUT2D eigenvalue weighted by Crippen LogP contribution is -2.72. The number of carboxylic acid groups (broad SMARTS) is 1. The number of ether oxygens (including phenoxy) is 19. The highest BCUT2D eigenvalue weighted by Gasteiger charge is 2.65. The standard InChI is InChI=1S/C73H121N5O54/c1-17(88)74-33-22(93)6-73(72(112)113,131-58(33)38(95)23(94)7-79)132-60-43(100)28(12-84)119-69(52(60)109)125-55-31(15-87)122-66(37(47(55)104)78-21(5)92)130-62-49(106)41(98)26(10-82)120-71(62)129-61-53(110)70(126-56-30(14-86)121-65(36(46(56)103)77-20(4)91)124-54-29(13-85)115-63(111)34(45(54)102)75-18(2)89)123-32(57(61)127-64-35(76-19(3)90)44(101)39(96)24(8-80)116-64)16-114-67-51(108)59(42(99)27(11-83)117-67)128-68-50(107)48(105)40(97)25(9-81)118-68/h22-71,79-87,93-111H,6-16H2,1-5H3,(H,74,88)(H,75,89)(H,76,90)(H,77,91)(H,78,92)(H,112,113)/t22-,23+,24+,25+,26+,27+,28+,29+,30+,31+,32+,33+,34+,35+,36+,37+,38+,39+,40+,41+,42+,43-,44+,45+,46+,47+,48-,49-,50-,51-,52+,53-,54+,55+,56+,57+,58+,59-,60-,61+,62-,63+,64-,65-,66-,67-,68+,69-,70-,71+,73-/m0/s1. The van der Waals surface area contributed by atoms with Crippen LogP contribution in [0.4, 0.5) is 0 Å². The van der Waals surface area contributed by atoms with Gasteiger partial charge in [0.05, 0.1) is 78.2 Å². The Bertz CT molecular complexity index is 3680. The molecule has 5 amide bonds. The lowest BCUT2D eigenvalue weighted by molar-refractivity contribution is -0.409. The predicted molar refractivity (Wildman–Crippen MR) is 405 cm³/mol. The van der Waals surface area contributed by atoms with Gasteiger partial charge in [0.1, 0.15) is 238 Å². The molecule has 10 heterocycles. The third-order valence-electron chi connectivity index (χ3n) is 23.8. The number of rotatable bonds is 36. The topological polar surface area (TPSA) is 925 Å². The first-order valence-electron chi connectivity index (χ1n) is 41.8. The first-order chi connectivity index (χ1) is 62.3. The van der Waals surface area contributed by atoms with Crippen molar-refractivity contribution in [2.24, 2.45) is 0 Å². The number of carbonyl (C=O) groups excluding carboxylic acids is 5. The second-order valence-corrected chi connectivity index (χ2v) is 33.1. The Labute approximate surface area is 746 Å². The number of carboxylic acids is 1. The molecule has 51 atom stereocenters. The van der Waals surface area contributed by atoms with Gasteiger partial charge < -0.3 is 265 Å². The van der Waals surface area contributed by atoms with Crippen molar-refractivity contribution in [3.63, 3.8) is 0 Å². The highest BCUT2D eigenvalue weighted by atomic mass is 16.8. The van der Waals surface area contributed by atoms with E-state index in [1.807, 2.05) is 0 Å². The van der Waals surface area contributed by atoms with Gasteiger partial charge in [0.2, 0.25) is 29.5 Å². The minimum atomic E-state index is -3.35. The van der Waals surface area contributed by atoms with Gasteiger partial charge >= 0.3 is 5.97 Å². The fourth-order valence-electron chi connectivity index (χ4n) is 17.1. The zero-order valence-electron chi connectivity index (χ0n) is 70.8. The highest BCUT2D eigenvalue weighted by Crippen LogP contribution is 2.43. The maximum absolute atomic E-state index is 13.4. The normalized spacial score (nSPS) is 47.2. The molecule has 132 heavy (non-hydrogen) atoms. The van der Waals surface area contributed by atoms with Gasteiger partial charge in [-0.1, -0.05) is 0 Å². The van der Waals surface area contributed by atoms with Crippen LogP contribution in [0.25, 0.3) is 0 Å². The molecule has 762 valence electrons. The van der Waals surface area contributed by atoms with Gasteiger partial charge in [-0.2, -0.15) is 0 Å². The van der Waals surface area contributed by atoms with Gasteiger partial charge in [-0.15, -0.1) is 0 Å². The van der Waals surface area contributed by atoms with Crippen molar-refractivity contribution in [2.45, 2.75) is 353 Å². The van der Waals surface area contributed by atoms with E-state index in [1.54, 1.807) is 0 Å². The average molecular weight is 1930 g/mol. The molecule has 59 heteroatoms. The summed E-state index contributed by atoms with van der Waals surface area (Å²) in [5.41, 5.74) is 0. The summed E-state index contributed by atoms with van der Waals surface area (Å²) in [7, 11) is 0. The maximum Gasteiger partial charge on any atom is 0.364 e. The third-order valence-corrected chi connectivity index (χ3v) is 23.8. The van der Waals surface area contributed by atoms with Crippen LogP contribution in [0.1, 0.15) is 41.0 Å². The molecule has 10 fully saturated rings. The number of nitrogens with one attached hydrogen (secondary N) is 5. The van der Waals surface area contributed by atoms with E-state index in [-0.39, 0.29) is 0 Å².